The molecule has 0 heterocycles. The Morgan fingerprint density at radius 2 is 0.582 bits per heavy atom. The summed E-state index contributed by atoms with van der Waals surface area (Å²) in [4.78, 5) is 0. The molecular formula is C48H82Si7. The molecule has 0 saturated heterocycles. The molecule has 4 rings (SSSR count). The molecule has 55 heavy (non-hydrogen) atoms. The number of hydrogen-bond donors (Lipinski definition) is 0. The maximum atomic E-state index is 2.81. The maximum absolute atomic E-state index is 3.05. The van der Waals surface area contributed by atoms with Crippen molar-refractivity contribution in [1.82, 2.24) is 0 Å². The molecule has 0 aromatic heterocycles. The van der Waals surface area contributed by atoms with E-state index in [2.05, 4.69) is 209 Å². The first-order valence-corrected chi connectivity index (χ1v) is 44.3. The highest BCUT2D eigenvalue weighted by atomic mass is 28.3. The lowest BCUT2D eigenvalue weighted by atomic mass is 10.0. The molecule has 3 aromatic rings. The second kappa shape index (κ2) is 14.4. The molecule has 3 aromatic carbocycles. The number of rotatable bonds is 10. The molecular weight excluding hydrogens is 773 g/mol. The lowest BCUT2D eigenvalue weighted by Gasteiger charge is -2.53. The Morgan fingerprint density at radius 1 is 0.345 bits per heavy atom. The fourth-order valence-electron chi connectivity index (χ4n) is 11.4. The van der Waals surface area contributed by atoms with Crippen LogP contribution < -0.4 is 46.7 Å². The van der Waals surface area contributed by atoms with Crippen molar-refractivity contribution < 1.29 is 0 Å². The van der Waals surface area contributed by atoms with Gasteiger partial charge in [0.25, 0.3) is 0 Å². The van der Waals surface area contributed by atoms with Gasteiger partial charge in [-0.3, -0.25) is 0 Å². The van der Waals surface area contributed by atoms with Crippen LogP contribution in [0.5, 0.6) is 0 Å². The fraction of sp³-hybridized carbons (Fsp3) is 0.542. The van der Waals surface area contributed by atoms with E-state index in [-0.39, 0.29) is 5.04 Å². The molecule has 0 N–H and O–H groups in total. The largest absolute Gasteiger partial charge is 0.161 e. The van der Waals surface area contributed by atoms with Crippen molar-refractivity contribution in [2.75, 3.05) is 0 Å². The third-order valence-electron chi connectivity index (χ3n) is 13.5. The molecule has 0 amide bonds. The van der Waals surface area contributed by atoms with Crippen molar-refractivity contribution in [3.05, 3.63) is 75.9 Å². The van der Waals surface area contributed by atoms with Crippen molar-refractivity contribution in [3.8, 4) is 0 Å². The van der Waals surface area contributed by atoms with Gasteiger partial charge in [0.15, 0.2) is 8.07 Å². The Balaban J connectivity index is 2.67. The van der Waals surface area contributed by atoms with E-state index in [0.717, 1.165) is 0 Å². The fourth-order valence-corrected chi connectivity index (χ4v) is 35.2. The van der Waals surface area contributed by atoms with Crippen molar-refractivity contribution in [1.29, 1.82) is 0 Å². The number of hydrogen-bond acceptors (Lipinski definition) is 0. The highest BCUT2D eigenvalue weighted by Gasteiger charge is 2.60. The monoisotopic (exact) mass is 854 g/mol. The van der Waals surface area contributed by atoms with Crippen LogP contribution in [0.15, 0.2) is 59.2 Å². The Labute approximate surface area is 348 Å². The van der Waals surface area contributed by atoms with Crippen LogP contribution >= 0.6 is 0 Å². The van der Waals surface area contributed by atoms with E-state index in [9.17, 15) is 0 Å². The standard InChI is InChI=1S/C48H82Si7/c1-33-32-48(7,38(6)34(33)2)55(42-29-26-39(49(8,9)10)35(3)45(42)52(17,18)19,43-30-27-40(50(11,12)13)36(4)46(43)53(20,21)22)44-31-28-41(51(14,15)16)37(5)47(44)54(23,24)25/h26-32H,1-25H3. The van der Waals surface area contributed by atoms with E-state index in [0.29, 0.717) is 0 Å². The van der Waals surface area contributed by atoms with Gasteiger partial charge in [-0.15, -0.1) is 0 Å². The third kappa shape index (κ3) is 7.80. The van der Waals surface area contributed by atoms with E-state index in [1.807, 2.05) is 0 Å². The predicted molar refractivity (Wildman–Crippen MR) is 277 cm³/mol. The topological polar surface area (TPSA) is 0 Å². The summed E-state index contributed by atoms with van der Waals surface area (Å²) in [6, 6.07) is 16.3. The van der Waals surface area contributed by atoms with Crippen LogP contribution in [0.4, 0.5) is 0 Å². The highest BCUT2D eigenvalue weighted by molar-refractivity contribution is 7.21. The Hall–Kier alpha value is -1.34. The quantitative estimate of drug-likeness (QED) is 0.141. The summed E-state index contributed by atoms with van der Waals surface area (Å²) < 4.78 is 0. The predicted octanol–water partition coefficient (Wildman–Crippen LogP) is 9.41. The Kier molecular flexibility index (Phi) is 12.2. The minimum Gasteiger partial charge on any atom is -0.0730 e. The van der Waals surface area contributed by atoms with Gasteiger partial charge in [-0.05, 0) is 62.7 Å². The summed E-state index contributed by atoms with van der Waals surface area (Å²) in [6.45, 7) is 64.8. The summed E-state index contributed by atoms with van der Waals surface area (Å²) in [5.41, 5.74) is 9.48. The average Bonchev–Trinajstić information content (AvgIpc) is 3.16. The SMILES string of the molecule is CC1=CC(C)([Si](c2ccc([Si](C)(C)C)c(C)c2[Si](C)(C)C)(c2ccc([Si](C)(C)C)c(C)c2[Si](C)(C)C)c2ccc([Si](C)(C)C)c(C)c2[Si](C)(C)C)C(C)=C1C. The van der Waals surface area contributed by atoms with Gasteiger partial charge >= 0.3 is 0 Å². The molecule has 1 aliphatic carbocycles. The van der Waals surface area contributed by atoms with Gasteiger partial charge in [-0.25, -0.2) is 0 Å². The zero-order valence-corrected chi connectivity index (χ0v) is 47.5. The minimum atomic E-state index is -3.05. The second-order valence-corrected chi connectivity index (χ2v) is 58.3. The molecule has 0 spiro atoms. The molecule has 302 valence electrons. The normalized spacial score (nSPS) is 18.0. The van der Waals surface area contributed by atoms with Crippen molar-refractivity contribution in [3.63, 3.8) is 0 Å². The van der Waals surface area contributed by atoms with Crippen LogP contribution in [0.3, 0.4) is 0 Å². The Bertz CT molecular complexity index is 1870. The first-order chi connectivity index (χ1) is 24.5. The maximum Gasteiger partial charge on any atom is 0.161 e. The van der Waals surface area contributed by atoms with Crippen molar-refractivity contribution in [2.45, 2.75) is 171 Å². The third-order valence-corrected chi connectivity index (χ3v) is 32.9. The van der Waals surface area contributed by atoms with Crippen LogP contribution in [0, 0.1) is 20.8 Å². The van der Waals surface area contributed by atoms with E-state index < -0.39 is 56.5 Å². The van der Waals surface area contributed by atoms with Gasteiger partial charge in [0.05, 0.1) is 48.4 Å². The molecule has 1 aliphatic rings. The van der Waals surface area contributed by atoms with Crippen LogP contribution in [0.2, 0.25) is 123 Å². The lowest BCUT2D eigenvalue weighted by molar-refractivity contribution is 0.871. The Morgan fingerprint density at radius 3 is 0.764 bits per heavy atom. The zero-order chi connectivity index (χ0) is 42.6. The van der Waals surface area contributed by atoms with Crippen molar-refractivity contribution in [2.24, 2.45) is 0 Å². The van der Waals surface area contributed by atoms with Gasteiger partial charge in [-0.1, -0.05) is 226 Å². The van der Waals surface area contributed by atoms with Gasteiger partial charge in [0.2, 0.25) is 0 Å². The van der Waals surface area contributed by atoms with Crippen LogP contribution in [-0.4, -0.2) is 56.5 Å². The molecule has 0 radical (unpaired) electrons. The molecule has 0 nitrogen and oxygen atoms in total. The first kappa shape index (κ1) is 46.3. The summed E-state index contributed by atoms with van der Waals surface area (Å²) in [5, 5.41) is 15.4. The molecule has 7 heteroatoms. The molecule has 0 bridgehead atoms. The van der Waals surface area contributed by atoms with Gasteiger partial charge in [0, 0.05) is 5.04 Å². The highest BCUT2D eigenvalue weighted by Crippen LogP contribution is 2.53. The molecule has 0 fully saturated rings. The zero-order valence-electron chi connectivity index (χ0n) is 40.5. The van der Waals surface area contributed by atoms with Crippen LogP contribution in [-0.2, 0) is 0 Å². The van der Waals surface area contributed by atoms with E-state index in [1.165, 1.54) is 11.1 Å². The van der Waals surface area contributed by atoms with Crippen LogP contribution in [0.25, 0.3) is 0 Å². The second-order valence-electron chi connectivity index (χ2n) is 24.0. The van der Waals surface area contributed by atoms with E-state index in [4.69, 9.17) is 0 Å². The first-order valence-electron chi connectivity index (χ1n) is 21.3. The average molecular weight is 856 g/mol. The van der Waals surface area contributed by atoms with Gasteiger partial charge < -0.3 is 0 Å². The van der Waals surface area contributed by atoms with E-state index >= 15 is 0 Å². The van der Waals surface area contributed by atoms with Gasteiger partial charge in [-0.2, -0.15) is 0 Å². The number of benzene rings is 3. The summed E-state index contributed by atoms with van der Waals surface area (Å²) >= 11 is 0. The molecule has 0 aliphatic heterocycles. The summed E-state index contributed by atoms with van der Waals surface area (Å²) in [5.74, 6) is 0. The lowest BCUT2D eigenvalue weighted by Crippen LogP contribution is -2.84. The number of allylic oxidation sites excluding steroid dienone is 4. The van der Waals surface area contributed by atoms with E-state index in [1.54, 1.807) is 68.9 Å². The summed E-state index contributed by atoms with van der Waals surface area (Å²) in [6.07, 6.45) is 2.81. The molecule has 1 unspecified atom stereocenters. The minimum absolute atomic E-state index is 0.147. The smallest absolute Gasteiger partial charge is 0.0730 e. The van der Waals surface area contributed by atoms with Crippen molar-refractivity contribution >= 4 is 103 Å². The van der Waals surface area contributed by atoms with Crippen LogP contribution in [0.1, 0.15) is 44.4 Å². The van der Waals surface area contributed by atoms with Gasteiger partial charge in [0.1, 0.15) is 0 Å². The molecule has 0 saturated carbocycles. The summed E-state index contributed by atoms with van der Waals surface area (Å²) in [7, 11) is -13.7. The molecule has 1 atom stereocenters.